The average Bonchev–Trinajstić information content (AvgIpc) is 2.88. The molecule has 0 heterocycles. The van der Waals surface area contributed by atoms with Crippen molar-refractivity contribution in [1.29, 1.82) is 10.5 Å². The summed E-state index contributed by atoms with van der Waals surface area (Å²) >= 11 is 0. The Morgan fingerprint density at radius 2 is 2.30 bits per heavy atom. The Morgan fingerprint density at radius 3 is 3.00 bits per heavy atom. The molecular weight excluding hydrogens is 257 g/mol. The van der Waals surface area contributed by atoms with Gasteiger partial charge in [0, 0.05) is 6.54 Å². The standard InChI is InChI=1S/C14H14FN5/c15-6-7-18-14(19-9-17)20-13-5-4-11-10(8-16)2-1-3-12(11)13/h1-3,13H,4-7H2,(H2,18,19,20). The van der Waals surface area contributed by atoms with Gasteiger partial charge in [-0.05, 0) is 30.0 Å². The molecule has 0 fully saturated rings. The summed E-state index contributed by atoms with van der Waals surface area (Å²) < 4.78 is 12.2. The first kappa shape index (κ1) is 13.8. The third-order valence-corrected chi connectivity index (χ3v) is 3.25. The van der Waals surface area contributed by atoms with E-state index in [4.69, 9.17) is 10.5 Å². The number of halogens is 1. The van der Waals surface area contributed by atoms with Crippen molar-refractivity contribution < 1.29 is 4.39 Å². The first-order valence-electron chi connectivity index (χ1n) is 6.35. The molecule has 5 nitrogen and oxygen atoms in total. The predicted octanol–water partition coefficient (Wildman–Crippen LogP) is 1.53. The van der Waals surface area contributed by atoms with Crippen LogP contribution in [0.15, 0.2) is 23.2 Å². The molecule has 0 amide bonds. The highest BCUT2D eigenvalue weighted by Gasteiger charge is 2.25. The molecule has 1 aromatic rings. The van der Waals surface area contributed by atoms with Gasteiger partial charge in [-0.15, -0.1) is 4.99 Å². The normalized spacial score (nSPS) is 16.9. The molecule has 1 atom stereocenters. The van der Waals surface area contributed by atoms with E-state index in [0.29, 0.717) is 5.56 Å². The number of rotatable bonds is 3. The molecule has 1 unspecified atom stereocenters. The Labute approximate surface area is 116 Å². The van der Waals surface area contributed by atoms with Gasteiger partial charge in [-0.1, -0.05) is 12.1 Å². The largest absolute Gasteiger partial charge is 0.353 e. The minimum atomic E-state index is -0.536. The highest BCUT2D eigenvalue weighted by atomic mass is 19.1. The summed E-state index contributed by atoms with van der Waals surface area (Å²) in [5.41, 5.74) is 2.76. The Balaban J connectivity index is 2.16. The van der Waals surface area contributed by atoms with Gasteiger partial charge in [-0.2, -0.15) is 10.5 Å². The molecule has 20 heavy (non-hydrogen) atoms. The average molecular weight is 271 g/mol. The van der Waals surface area contributed by atoms with E-state index < -0.39 is 6.67 Å². The SMILES string of the molecule is N#C/N=C(/NCCF)NC1CCc2c(C#N)cccc21. The lowest BCUT2D eigenvalue weighted by Gasteiger charge is -2.17. The molecule has 6 heteroatoms. The molecule has 1 aliphatic rings. The fourth-order valence-electron chi connectivity index (χ4n) is 2.41. The second-order valence-corrected chi connectivity index (χ2v) is 4.40. The van der Waals surface area contributed by atoms with Crippen molar-refractivity contribution in [2.45, 2.75) is 18.9 Å². The van der Waals surface area contributed by atoms with Crippen molar-refractivity contribution in [2.75, 3.05) is 13.2 Å². The number of aliphatic imine (C=N–C) groups is 1. The number of hydrogen-bond acceptors (Lipinski definition) is 3. The number of hydrogen-bond donors (Lipinski definition) is 2. The van der Waals surface area contributed by atoms with Crippen molar-refractivity contribution in [3.8, 4) is 12.3 Å². The maximum Gasteiger partial charge on any atom is 0.209 e. The van der Waals surface area contributed by atoms with E-state index in [9.17, 15) is 4.39 Å². The highest BCUT2D eigenvalue weighted by molar-refractivity contribution is 5.81. The van der Waals surface area contributed by atoms with E-state index >= 15 is 0 Å². The number of fused-ring (bicyclic) bond motifs is 1. The maximum absolute atomic E-state index is 12.2. The van der Waals surface area contributed by atoms with Crippen LogP contribution in [0.5, 0.6) is 0 Å². The zero-order chi connectivity index (χ0) is 14.4. The molecule has 0 saturated heterocycles. The van der Waals surface area contributed by atoms with Crippen molar-refractivity contribution in [3.63, 3.8) is 0 Å². The van der Waals surface area contributed by atoms with Gasteiger partial charge in [0.2, 0.25) is 12.2 Å². The van der Waals surface area contributed by atoms with E-state index in [1.54, 1.807) is 12.3 Å². The summed E-state index contributed by atoms with van der Waals surface area (Å²) in [6, 6.07) is 7.77. The van der Waals surface area contributed by atoms with Crippen LogP contribution in [0.2, 0.25) is 0 Å². The van der Waals surface area contributed by atoms with Crippen molar-refractivity contribution >= 4 is 5.96 Å². The Hall–Kier alpha value is -2.60. The van der Waals surface area contributed by atoms with E-state index in [1.807, 2.05) is 12.1 Å². The molecule has 0 saturated carbocycles. The van der Waals surface area contributed by atoms with Crippen LogP contribution >= 0.6 is 0 Å². The van der Waals surface area contributed by atoms with Crippen LogP contribution in [0.1, 0.15) is 29.2 Å². The topological polar surface area (TPSA) is 84.0 Å². The minimum Gasteiger partial charge on any atom is -0.353 e. The maximum atomic E-state index is 12.2. The lowest BCUT2D eigenvalue weighted by Crippen LogP contribution is -2.39. The van der Waals surface area contributed by atoms with Gasteiger partial charge in [0.05, 0.1) is 17.7 Å². The monoisotopic (exact) mass is 271 g/mol. The van der Waals surface area contributed by atoms with Gasteiger partial charge >= 0.3 is 0 Å². The summed E-state index contributed by atoms with van der Waals surface area (Å²) in [7, 11) is 0. The zero-order valence-corrected chi connectivity index (χ0v) is 10.9. The molecule has 0 spiro atoms. The molecule has 0 aliphatic heterocycles. The van der Waals surface area contributed by atoms with Crippen LogP contribution in [-0.2, 0) is 6.42 Å². The second-order valence-electron chi connectivity index (χ2n) is 4.40. The molecular formula is C14H14FN5. The first-order chi connectivity index (χ1) is 9.80. The van der Waals surface area contributed by atoms with Crippen LogP contribution in [-0.4, -0.2) is 19.2 Å². The smallest absolute Gasteiger partial charge is 0.209 e. The fraction of sp³-hybridized carbons (Fsp3) is 0.357. The van der Waals surface area contributed by atoms with Gasteiger partial charge in [-0.3, -0.25) is 0 Å². The van der Waals surface area contributed by atoms with Gasteiger partial charge < -0.3 is 10.6 Å². The number of nitrogens with zero attached hydrogens (tertiary/aromatic N) is 3. The predicted molar refractivity (Wildman–Crippen MR) is 72.4 cm³/mol. The summed E-state index contributed by atoms with van der Waals surface area (Å²) in [6.45, 7) is -0.433. The van der Waals surface area contributed by atoms with Crippen LogP contribution in [0.25, 0.3) is 0 Å². The number of alkyl halides is 1. The highest BCUT2D eigenvalue weighted by Crippen LogP contribution is 2.32. The van der Waals surface area contributed by atoms with Crippen molar-refractivity contribution in [2.24, 2.45) is 4.99 Å². The lowest BCUT2D eigenvalue weighted by atomic mass is 10.0. The van der Waals surface area contributed by atoms with Gasteiger partial charge in [0.1, 0.15) is 6.67 Å². The molecule has 1 aromatic carbocycles. The summed E-state index contributed by atoms with van der Waals surface area (Å²) in [4.78, 5) is 3.61. The molecule has 102 valence electrons. The summed E-state index contributed by atoms with van der Waals surface area (Å²) in [5.74, 6) is 0.269. The van der Waals surface area contributed by atoms with Crippen LogP contribution < -0.4 is 10.6 Å². The molecule has 0 radical (unpaired) electrons. The van der Waals surface area contributed by atoms with Crippen LogP contribution in [0.4, 0.5) is 4.39 Å². The number of nitrogens with one attached hydrogen (secondary N) is 2. The molecule has 2 N–H and O–H groups in total. The van der Waals surface area contributed by atoms with Gasteiger partial charge in [-0.25, -0.2) is 4.39 Å². The van der Waals surface area contributed by atoms with E-state index in [0.717, 1.165) is 24.0 Å². The third-order valence-electron chi connectivity index (χ3n) is 3.25. The lowest BCUT2D eigenvalue weighted by molar-refractivity contribution is 0.487. The minimum absolute atomic E-state index is 0.0162. The van der Waals surface area contributed by atoms with E-state index in [2.05, 4.69) is 21.7 Å². The summed E-state index contributed by atoms with van der Waals surface area (Å²) in [6.07, 6.45) is 3.31. The van der Waals surface area contributed by atoms with Crippen LogP contribution in [0.3, 0.4) is 0 Å². The molecule has 2 rings (SSSR count). The Kier molecular flexibility index (Phi) is 4.52. The zero-order valence-electron chi connectivity index (χ0n) is 10.9. The molecule has 0 aromatic heterocycles. The third kappa shape index (κ3) is 2.86. The van der Waals surface area contributed by atoms with Crippen molar-refractivity contribution in [1.82, 2.24) is 10.6 Å². The van der Waals surface area contributed by atoms with E-state index in [1.165, 1.54) is 0 Å². The van der Waals surface area contributed by atoms with Gasteiger partial charge in [0.15, 0.2) is 0 Å². The van der Waals surface area contributed by atoms with E-state index in [-0.39, 0.29) is 18.5 Å². The number of benzene rings is 1. The number of nitriles is 2. The quantitative estimate of drug-likeness (QED) is 0.496. The van der Waals surface area contributed by atoms with Gasteiger partial charge in [0.25, 0.3) is 0 Å². The second kappa shape index (κ2) is 6.53. The molecule has 1 aliphatic carbocycles. The molecule has 0 bridgehead atoms. The van der Waals surface area contributed by atoms with Crippen LogP contribution in [0, 0.1) is 22.8 Å². The van der Waals surface area contributed by atoms with Crippen molar-refractivity contribution in [3.05, 3.63) is 34.9 Å². The summed E-state index contributed by atoms with van der Waals surface area (Å²) in [5, 5.41) is 23.5. The Morgan fingerprint density at radius 1 is 1.45 bits per heavy atom. The number of guanidine groups is 1. The first-order valence-corrected chi connectivity index (χ1v) is 6.35. The fourth-order valence-corrected chi connectivity index (χ4v) is 2.41. The Bertz CT molecular complexity index is 597.